The molecule has 0 saturated carbocycles. The van der Waals surface area contributed by atoms with Gasteiger partial charge in [-0.2, -0.15) is 9.59 Å². The summed E-state index contributed by atoms with van der Waals surface area (Å²) in [6, 6.07) is 0. The summed E-state index contributed by atoms with van der Waals surface area (Å²) in [6.07, 6.45) is -9.90. The molecule has 9 atom stereocenters. The molecule has 2 fully saturated rings. The fourth-order valence-electron chi connectivity index (χ4n) is 2.25. The van der Waals surface area contributed by atoms with Crippen molar-refractivity contribution in [3.05, 3.63) is 0 Å². The second kappa shape index (κ2) is 20.8. The summed E-state index contributed by atoms with van der Waals surface area (Å²) in [6.45, 7) is 3.54. The number of hydrogen-bond acceptors (Lipinski definition) is 14. The minimum Gasteiger partial charge on any atom is -0.400 e. The van der Waals surface area contributed by atoms with E-state index in [9.17, 15) is 15.3 Å². The van der Waals surface area contributed by atoms with Gasteiger partial charge in [0.2, 0.25) is 0 Å². The molecule has 0 aromatic heterocycles. The standard InChI is InChI=1S/C7H14O6.C6H12O5.C2H6.CO2.CH4O/c1-12-7-6(11)5(10)4(9)3(2-8)13-7;1-10-6-5(9)4(8)3(7)2-11-6;1-2;2-1-3;1-2/h3-11H,2H2,1H3;3-9H,2H2,1H3;1-2H3;;2H,1H3/t3?,4-,5-,6?,7+;3-,4-,5?,6+;;;/m11.../s1. The number of ether oxygens (including phenoxy) is 4. The van der Waals surface area contributed by atoms with Gasteiger partial charge in [-0.3, -0.25) is 0 Å². The van der Waals surface area contributed by atoms with Gasteiger partial charge in [0.1, 0.15) is 42.7 Å². The Bertz CT molecular complexity index is 411. The van der Waals surface area contributed by atoms with Gasteiger partial charge in [-0.15, -0.1) is 0 Å². The number of hydrogen-bond donors (Lipinski definition) is 8. The van der Waals surface area contributed by atoms with Gasteiger partial charge in [0, 0.05) is 21.3 Å². The molecule has 8 N–H and O–H groups in total. The maximum absolute atomic E-state index is 9.28. The maximum Gasteiger partial charge on any atom is 0.373 e. The van der Waals surface area contributed by atoms with Crippen LogP contribution in [0.5, 0.6) is 0 Å². The van der Waals surface area contributed by atoms with E-state index in [1.165, 1.54) is 14.2 Å². The minimum atomic E-state index is -1.36. The SMILES string of the molecule is CC.CO.CO[C@H]1OC(CO)[C@@H](O)[C@@H](O)C1O.CO[C@H]1OC[C@@H](O)[C@@H](O)C1O.O=C=O. The predicted octanol–water partition coefficient (Wildman–Crippen LogP) is -4.44. The van der Waals surface area contributed by atoms with Gasteiger partial charge in [-0.1, -0.05) is 13.8 Å². The molecule has 0 bridgehead atoms. The summed E-state index contributed by atoms with van der Waals surface area (Å²) in [4.78, 5) is 16.2. The topological polar surface area (TPSA) is 233 Å². The van der Waals surface area contributed by atoms with Crippen LogP contribution in [0.1, 0.15) is 13.8 Å². The molecule has 0 radical (unpaired) electrons. The normalized spacial score (nSPS) is 36.4. The van der Waals surface area contributed by atoms with E-state index < -0.39 is 61.9 Å². The fraction of sp³-hybridized carbons (Fsp3) is 0.941. The van der Waals surface area contributed by atoms with Gasteiger partial charge in [-0.05, 0) is 0 Å². The molecule has 2 aliphatic heterocycles. The molecule has 188 valence electrons. The lowest BCUT2D eigenvalue weighted by molar-refractivity contribution is -0.294. The Morgan fingerprint density at radius 3 is 1.61 bits per heavy atom. The highest BCUT2D eigenvalue weighted by Crippen LogP contribution is 2.21. The van der Waals surface area contributed by atoms with Crippen molar-refractivity contribution in [1.82, 2.24) is 0 Å². The van der Waals surface area contributed by atoms with E-state index in [4.69, 9.17) is 49.3 Å². The van der Waals surface area contributed by atoms with Crippen molar-refractivity contribution in [3.63, 3.8) is 0 Å². The van der Waals surface area contributed by atoms with Crippen LogP contribution in [-0.4, -0.2) is 137 Å². The first-order valence-electron chi connectivity index (χ1n) is 9.15. The lowest BCUT2D eigenvalue weighted by Gasteiger charge is -2.38. The highest BCUT2D eigenvalue weighted by molar-refractivity contribution is 5.20. The Morgan fingerprint density at radius 2 is 1.23 bits per heavy atom. The molecule has 14 heteroatoms. The van der Waals surface area contributed by atoms with Crippen LogP contribution in [0.2, 0.25) is 0 Å². The van der Waals surface area contributed by atoms with Gasteiger partial charge < -0.3 is 59.8 Å². The Kier molecular flexibility index (Phi) is 23.1. The Labute approximate surface area is 180 Å². The summed E-state index contributed by atoms with van der Waals surface area (Å²) >= 11 is 0. The maximum atomic E-state index is 9.28. The van der Waals surface area contributed by atoms with E-state index in [0.717, 1.165) is 7.11 Å². The molecule has 0 amide bonds. The Hall–Kier alpha value is -1.10. The fourth-order valence-corrected chi connectivity index (χ4v) is 2.25. The lowest BCUT2D eigenvalue weighted by atomic mass is 9.99. The number of aliphatic hydroxyl groups excluding tert-OH is 8. The predicted molar refractivity (Wildman–Crippen MR) is 100 cm³/mol. The van der Waals surface area contributed by atoms with E-state index in [0.29, 0.717) is 0 Å². The molecular formula is C17H36O14. The van der Waals surface area contributed by atoms with Crippen LogP contribution in [0, 0.1) is 0 Å². The van der Waals surface area contributed by atoms with E-state index in [-0.39, 0.29) is 12.8 Å². The van der Waals surface area contributed by atoms with Crippen LogP contribution in [0.15, 0.2) is 0 Å². The highest BCUT2D eigenvalue weighted by Gasteiger charge is 2.43. The van der Waals surface area contributed by atoms with Crippen LogP contribution in [0.3, 0.4) is 0 Å². The summed E-state index contributed by atoms with van der Waals surface area (Å²) in [5, 5.41) is 70.8. The van der Waals surface area contributed by atoms with Gasteiger partial charge in [0.25, 0.3) is 0 Å². The van der Waals surface area contributed by atoms with Crippen LogP contribution < -0.4 is 0 Å². The number of rotatable bonds is 3. The van der Waals surface area contributed by atoms with Gasteiger partial charge in [-0.25, -0.2) is 0 Å². The van der Waals surface area contributed by atoms with Gasteiger partial charge >= 0.3 is 6.15 Å². The van der Waals surface area contributed by atoms with E-state index in [1.54, 1.807) is 0 Å². The highest BCUT2D eigenvalue weighted by atomic mass is 16.7. The van der Waals surface area contributed by atoms with E-state index in [1.807, 2.05) is 13.8 Å². The van der Waals surface area contributed by atoms with Crippen LogP contribution in [0.25, 0.3) is 0 Å². The molecular weight excluding hydrogens is 428 g/mol. The van der Waals surface area contributed by atoms with Crippen LogP contribution >= 0.6 is 0 Å². The number of carbonyl (C=O) groups excluding carboxylic acids is 2. The second-order valence-corrected chi connectivity index (χ2v) is 5.50. The Morgan fingerprint density at radius 1 is 0.806 bits per heavy atom. The smallest absolute Gasteiger partial charge is 0.373 e. The summed E-state index contributed by atoms with van der Waals surface area (Å²) in [5.41, 5.74) is 0. The average Bonchev–Trinajstić information content (AvgIpc) is 2.80. The molecule has 0 aliphatic carbocycles. The molecule has 0 aromatic carbocycles. The Balaban J connectivity index is -0.000000396. The first kappa shape index (κ1) is 34.5. The first-order chi connectivity index (χ1) is 14.7. The molecule has 14 nitrogen and oxygen atoms in total. The van der Waals surface area contributed by atoms with Crippen molar-refractivity contribution in [2.24, 2.45) is 0 Å². The zero-order valence-electron chi connectivity index (χ0n) is 18.1. The monoisotopic (exact) mass is 464 g/mol. The third-order valence-corrected chi connectivity index (χ3v) is 3.77. The molecule has 0 spiro atoms. The van der Waals surface area contributed by atoms with Crippen molar-refractivity contribution in [1.29, 1.82) is 0 Å². The van der Waals surface area contributed by atoms with Crippen molar-refractivity contribution in [2.75, 3.05) is 34.5 Å². The molecule has 2 heterocycles. The minimum absolute atomic E-state index is 0.0171. The third kappa shape index (κ3) is 11.9. The van der Waals surface area contributed by atoms with Crippen molar-refractivity contribution >= 4 is 6.15 Å². The van der Waals surface area contributed by atoms with Crippen molar-refractivity contribution < 1.29 is 69.4 Å². The largest absolute Gasteiger partial charge is 0.400 e. The zero-order chi connectivity index (χ0) is 25.1. The van der Waals surface area contributed by atoms with Crippen molar-refractivity contribution in [3.8, 4) is 0 Å². The van der Waals surface area contributed by atoms with Crippen LogP contribution in [-0.2, 0) is 28.5 Å². The van der Waals surface area contributed by atoms with E-state index >= 15 is 0 Å². The average molecular weight is 464 g/mol. The third-order valence-electron chi connectivity index (χ3n) is 3.77. The quantitative estimate of drug-likeness (QED) is 0.197. The van der Waals surface area contributed by atoms with Gasteiger partial charge in [0.05, 0.1) is 13.2 Å². The summed E-state index contributed by atoms with van der Waals surface area (Å²) in [5.74, 6) is 0. The molecule has 2 saturated heterocycles. The molecule has 31 heavy (non-hydrogen) atoms. The lowest BCUT2D eigenvalue weighted by Crippen LogP contribution is -2.58. The molecule has 3 unspecified atom stereocenters. The zero-order valence-corrected chi connectivity index (χ0v) is 18.1. The van der Waals surface area contributed by atoms with Crippen molar-refractivity contribution in [2.45, 2.75) is 69.2 Å². The number of aliphatic hydroxyl groups is 8. The molecule has 0 aromatic rings. The van der Waals surface area contributed by atoms with Crippen LogP contribution in [0.4, 0.5) is 0 Å². The van der Waals surface area contributed by atoms with Gasteiger partial charge in [0.15, 0.2) is 12.6 Å². The first-order valence-corrected chi connectivity index (χ1v) is 9.15. The number of methoxy groups -OCH3 is 2. The summed E-state index contributed by atoms with van der Waals surface area (Å²) < 4.78 is 19.2. The molecule has 2 aliphatic rings. The summed E-state index contributed by atoms with van der Waals surface area (Å²) in [7, 11) is 3.66. The second-order valence-electron chi connectivity index (χ2n) is 5.50. The molecule has 2 rings (SSSR count). The van der Waals surface area contributed by atoms with E-state index in [2.05, 4.69) is 4.74 Å².